The highest BCUT2D eigenvalue weighted by Gasteiger charge is 2.27. The minimum atomic E-state index is -0.894. The Bertz CT molecular complexity index is 262. The van der Waals surface area contributed by atoms with E-state index in [4.69, 9.17) is 0 Å². The molecule has 0 radical (unpaired) electrons. The van der Waals surface area contributed by atoms with Crippen molar-refractivity contribution < 1.29 is 19.1 Å². The van der Waals surface area contributed by atoms with E-state index in [9.17, 15) is 9.59 Å². The van der Waals surface area contributed by atoms with Crippen molar-refractivity contribution in [1.29, 1.82) is 0 Å². The van der Waals surface area contributed by atoms with Gasteiger partial charge < -0.3 is 9.47 Å². The fourth-order valence-electron chi connectivity index (χ4n) is 0.960. The molecule has 0 unspecified atom stereocenters. The number of rotatable bonds is 5. The van der Waals surface area contributed by atoms with Crippen LogP contribution in [0.15, 0.2) is 24.3 Å². The van der Waals surface area contributed by atoms with Crippen LogP contribution in [-0.2, 0) is 19.1 Å². The van der Waals surface area contributed by atoms with E-state index in [1.165, 1.54) is 14.2 Å². The SMILES string of the molecule is C=C/C(C)=C\CC(C(=O)OC)C(=O)OC. The normalized spacial score (nSPS) is 11.1. The molecule has 0 aromatic carbocycles. The van der Waals surface area contributed by atoms with E-state index in [1.807, 2.05) is 6.92 Å². The van der Waals surface area contributed by atoms with Crippen molar-refractivity contribution in [2.45, 2.75) is 13.3 Å². The Morgan fingerprint density at radius 1 is 1.27 bits per heavy atom. The van der Waals surface area contributed by atoms with Crippen LogP contribution >= 0.6 is 0 Å². The van der Waals surface area contributed by atoms with Gasteiger partial charge in [0.15, 0.2) is 5.92 Å². The van der Waals surface area contributed by atoms with Crippen LogP contribution in [0.1, 0.15) is 13.3 Å². The van der Waals surface area contributed by atoms with Crippen LogP contribution in [0, 0.1) is 5.92 Å². The van der Waals surface area contributed by atoms with Crippen LogP contribution in [0.2, 0.25) is 0 Å². The predicted molar refractivity (Wildman–Crippen MR) is 56.1 cm³/mol. The lowest BCUT2D eigenvalue weighted by molar-refractivity contribution is -0.158. The predicted octanol–water partition coefficient (Wildman–Crippen LogP) is 1.47. The summed E-state index contributed by atoms with van der Waals surface area (Å²) in [7, 11) is 2.48. The Morgan fingerprint density at radius 2 is 1.73 bits per heavy atom. The summed E-state index contributed by atoms with van der Waals surface area (Å²) >= 11 is 0. The topological polar surface area (TPSA) is 52.6 Å². The summed E-state index contributed by atoms with van der Waals surface area (Å²) < 4.78 is 9.01. The maximum Gasteiger partial charge on any atom is 0.320 e. The third-order valence-electron chi connectivity index (χ3n) is 1.97. The lowest BCUT2D eigenvalue weighted by atomic mass is 10.0. The van der Waals surface area contributed by atoms with Crippen LogP contribution in [0.4, 0.5) is 0 Å². The smallest absolute Gasteiger partial charge is 0.320 e. The second kappa shape index (κ2) is 6.81. The molecule has 84 valence electrons. The Balaban J connectivity index is 4.59. The van der Waals surface area contributed by atoms with Crippen LogP contribution in [-0.4, -0.2) is 26.2 Å². The zero-order valence-corrected chi connectivity index (χ0v) is 9.28. The van der Waals surface area contributed by atoms with Crippen molar-refractivity contribution >= 4 is 11.9 Å². The molecule has 15 heavy (non-hydrogen) atoms. The van der Waals surface area contributed by atoms with Crippen molar-refractivity contribution in [1.82, 2.24) is 0 Å². The molecule has 0 rings (SSSR count). The molecule has 0 fully saturated rings. The molecule has 0 bridgehead atoms. The molecular weight excluding hydrogens is 196 g/mol. The van der Waals surface area contributed by atoms with E-state index in [0.29, 0.717) is 0 Å². The summed E-state index contributed by atoms with van der Waals surface area (Å²) in [5.41, 5.74) is 0.896. The molecule has 0 aromatic rings. The van der Waals surface area contributed by atoms with Gasteiger partial charge in [0.2, 0.25) is 0 Å². The number of hydrogen-bond acceptors (Lipinski definition) is 4. The maximum absolute atomic E-state index is 11.2. The highest BCUT2D eigenvalue weighted by molar-refractivity contribution is 5.94. The summed E-state index contributed by atoms with van der Waals surface area (Å²) in [5, 5.41) is 0. The average Bonchev–Trinajstić information content (AvgIpc) is 2.27. The van der Waals surface area contributed by atoms with Crippen molar-refractivity contribution in [3.63, 3.8) is 0 Å². The van der Waals surface area contributed by atoms with E-state index in [1.54, 1.807) is 12.2 Å². The summed E-state index contributed by atoms with van der Waals surface area (Å²) in [6.45, 7) is 5.40. The summed E-state index contributed by atoms with van der Waals surface area (Å²) in [5.74, 6) is -2.07. The van der Waals surface area contributed by atoms with E-state index < -0.39 is 17.9 Å². The van der Waals surface area contributed by atoms with E-state index >= 15 is 0 Å². The van der Waals surface area contributed by atoms with Crippen molar-refractivity contribution in [3.8, 4) is 0 Å². The second-order valence-electron chi connectivity index (χ2n) is 2.99. The second-order valence-corrected chi connectivity index (χ2v) is 2.99. The van der Waals surface area contributed by atoms with Crippen LogP contribution in [0.5, 0.6) is 0 Å². The van der Waals surface area contributed by atoms with Gasteiger partial charge in [0.05, 0.1) is 14.2 Å². The zero-order chi connectivity index (χ0) is 11.8. The minimum Gasteiger partial charge on any atom is -0.468 e. The third-order valence-corrected chi connectivity index (χ3v) is 1.97. The van der Waals surface area contributed by atoms with Gasteiger partial charge in [-0.15, -0.1) is 0 Å². The zero-order valence-electron chi connectivity index (χ0n) is 9.28. The van der Waals surface area contributed by atoms with Gasteiger partial charge in [0, 0.05) is 0 Å². The molecule has 0 spiro atoms. The molecule has 0 aromatic heterocycles. The Morgan fingerprint density at radius 3 is 2.07 bits per heavy atom. The van der Waals surface area contributed by atoms with Crippen LogP contribution in [0.3, 0.4) is 0 Å². The van der Waals surface area contributed by atoms with Crippen molar-refractivity contribution in [2.75, 3.05) is 14.2 Å². The Kier molecular flexibility index (Phi) is 6.09. The molecule has 0 aliphatic carbocycles. The minimum absolute atomic E-state index is 0.261. The first-order valence-electron chi connectivity index (χ1n) is 4.51. The van der Waals surface area contributed by atoms with E-state index in [2.05, 4.69) is 16.1 Å². The highest BCUT2D eigenvalue weighted by atomic mass is 16.5. The highest BCUT2D eigenvalue weighted by Crippen LogP contribution is 2.10. The van der Waals surface area contributed by atoms with E-state index in [-0.39, 0.29) is 6.42 Å². The number of carbonyl (C=O) groups is 2. The molecule has 0 atom stereocenters. The monoisotopic (exact) mass is 212 g/mol. The molecule has 4 heteroatoms. The maximum atomic E-state index is 11.2. The standard InChI is InChI=1S/C11H16O4/c1-5-8(2)6-7-9(10(12)14-3)11(13)15-4/h5-6,9H,1,7H2,2-4H3/b8-6-. The molecule has 0 saturated heterocycles. The number of carbonyl (C=O) groups excluding carboxylic acids is 2. The van der Waals surface area contributed by atoms with Gasteiger partial charge in [-0.1, -0.05) is 24.3 Å². The largest absolute Gasteiger partial charge is 0.468 e. The van der Waals surface area contributed by atoms with E-state index in [0.717, 1.165) is 5.57 Å². The molecule has 0 amide bonds. The molecule has 0 aliphatic heterocycles. The lowest BCUT2D eigenvalue weighted by Crippen LogP contribution is -2.26. The van der Waals surface area contributed by atoms with Gasteiger partial charge in [0.1, 0.15) is 0 Å². The van der Waals surface area contributed by atoms with Gasteiger partial charge in [0.25, 0.3) is 0 Å². The molecule has 0 aliphatic rings. The van der Waals surface area contributed by atoms with Gasteiger partial charge in [-0.3, -0.25) is 9.59 Å². The number of methoxy groups -OCH3 is 2. The van der Waals surface area contributed by atoms with Gasteiger partial charge in [-0.05, 0) is 13.3 Å². The van der Waals surface area contributed by atoms with Crippen LogP contribution in [0.25, 0.3) is 0 Å². The molecular formula is C11H16O4. The van der Waals surface area contributed by atoms with Crippen molar-refractivity contribution in [2.24, 2.45) is 5.92 Å². The number of allylic oxidation sites excluding steroid dienone is 3. The average molecular weight is 212 g/mol. The lowest BCUT2D eigenvalue weighted by Gasteiger charge is -2.09. The number of esters is 2. The van der Waals surface area contributed by atoms with Gasteiger partial charge >= 0.3 is 11.9 Å². The molecule has 4 nitrogen and oxygen atoms in total. The fourth-order valence-corrected chi connectivity index (χ4v) is 0.960. The molecule has 0 saturated carbocycles. The summed E-state index contributed by atoms with van der Waals surface area (Å²) in [6, 6.07) is 0. The summed E-state index contributed by atoms with van der Waals surface area (Å²) in [4.78, 5) is 22.5. The van der Waals surface area contributed by atoms with Gasteiger partial charge in [-0.2, -0.15) is 0 Å². The quantitative estimate of drug-likeness (QED) is 0.393. The molecule has 0 N–H and O–H groups in total. The first-order valence-corrected chi connectivity index (χ1v) is 4.51. The van der Waals surface area contributed by atoms with Crippen molar-refractivity contribution in [3.05, 3.63) is 24.3 Å². The number of hydrogen-bond donors (Lipinski definition) is 0. The first-order chi connectivity index (χ1) is 7.06. The molecule has 0 heterocycles. The Labute approximate surface area is 89.6 Å². The van der Waals surface area contributed by atoms with Crippen LogP contribution < -0.4 is 0 Å². The Hall–Kier alpha value is -1.58. The third kappa shape index (κ3) is 4.44. The first kappa shape index (κ1) is 13.4. The fraction of sp³-hybridized carbons (Fsp3) is 0.455. The summed E-state index contributed by atoms with van der Waals surface area (Å²) in [6.07, 6.45) is 3.65. The number of ether oxygens (including phenoxy) is 2. The van der Waals surface area contributed by atoms with Gasteiger partial charge in [-0.25, -0.2) is 0 Å².